The third-order valence-corrected chi connectivity index (χ3v) is 5.16. The Morgan fingerprint density at radius 2 is 1.84 bits per heavy atom. The summed E-state index contributed by atoms with van der Waals surface area (Å²) >= 11 is 0. The zero-order valence-electron chi connectivity index (χ0n) is 15.7. The lowest BCUT2D eigenvalue weighted by Gasteiger charge is -2.32. The van der Waals surface area contributed by atoms with Gasteiger partial charge in [0.25, 0.3) is 0 Å². The van der Waals surface area contributed by atoms with Gasteiger partial charge < -0.3 is 13.9 Å². The summed E-state index contributed by atoms with van der Waals surface area (Å²) in [5, 5.41) is 0. The van der Waals surface area contributed by atoms with E-state index < -0.39 is 24.0 Å². The minimum Gasteiger partial charge on any atom is -0.398 e. The first-order valence-corrected chi connectivity index (χ1v) is 8.93. The van der Waals surface area contributed by atoms with Gasteiger partial charge in [-0.25, -0.2) is 9.37 Å². The number of benzene rings is 1. The third kappa shape index (κ3) is 3.38. The van der Waals surface area contributed by atoms with Gasteiger partial charge >= 0.3 is 7.12 Å². The minimum atomic E-state index is -0.996. The van der Waals surface area contributed by atoms with Crippen molar-refractivity contribution < 1.29 is 13.7 Å². The molecule has 1 fully saturated rings. The maximum atomic E-state index is 14.9. The standard InChI is InChI=1S/C19H26BFN2O2/c1-6-7-12-23-15-11-9-8-10-14(15)22-17(23)13-16(21)20-24-18(2,3)19(4,5)25-20/h8-11,13H,6-7,12H2,1-5H3. The van der Waals surface area contributed by atoms with Crippen LogP contribution in [0.25, 0.3) is 17.1 Å². The van der Waals surface area contributed by atoms with Crippen LogP contribution in [0.3, 0.4) is 0 Å². The second-order valence-electron chi connectivity index (χ2n) is 7.58. The van der Waals surface area contributed by atoms with Crippen LogP contribution in [0.5, 0.6) is 0 Å². The number of aryl methyl sites for hydroxylation is 1. The first-order valence-electron chi connectivity index (χ1n) is 8.93. The summed E-state index contributed by atoms with van der Waals surface area (Å²) in [6, 6.07) is 7.88. The molecule has 0 aliphatic carbocycles. The molecule has 2 heterocycles. The summed E-state index contributed by atoms with van der Waals surface area (Å²) in [6.45, 7) is 10.6. The van der Waals surface area contributed by atoms with Crippen molar-refractivity contribution in [2.75, 3.05) is 0 Å². The zero-order valence-corrected chi connectivity index (χ0v) is 15.7. The van der Waals surface area contributed by atoms with E-state index in [1.807, 2.05) is 52.0 Å². The summed E-state index contributed by atoms with van der Waals surface area (Å²) in [6.07, 6.45) is 3.52. The predicted molar refractivity (Wildman–Crippen MR) is 99.8 cm³/mol. The van der Waals surface area contributed by atoms with Crippen molar-refractivity contribution in [1.82, 2.24) is 9.55 Å². The molecule has 0 amide bonds. The lowest BCUT2D eigenvalue weighted by Crippen LogP contribution is -2.41. The fourth-order valence-electron chi connectivity index (χ4n) is 2.90. The van der Waals surface area contributed by atoms with Crippen LogP contribution in [0.4, 0.5) is 4.39 Å². The summed E-state index contributed by atoms with van der Waals surface area (Å²) in [7, 11) is -0.996. The largest absolute Gasteiger partial charge is 0.525 e. The molecule has 0 unspecified atom stereocenters. The molecule has 25 heavy (non-hydrogen) atoms. The van der Waals surface area contributed by atoms with Crippen LogP contribution in [0.2, 0.25) is 0 Å². The van der Waals surface area contributed by atoms with Crippen LogP contribution >= 0.6 is 0 Å². The van der Waals surface area contributed by atoms with Crippen LogP contribution in [0.1, 0.15) is 53.3 Å². The molecule has 2 aromatic rings. The van der Waals surface area contributed by atoms with Gasteiger partial charge in [0.15, 0.2) is 0 Å². The Kier molecular flexibility index (Phi) is 4.77. The van der Waals surface area contributed by atoms with E-state index in [9.17, 15) is 4.39 Å². The van der Waals surface area contributed by atoms with Crippen molar-refractivity contribution in [1.29, 1.82) is 0 Å². The number of para-hydroxylation sites is 2. The van der Waals surface area contributed by atoms with Gasteiger partial charge in [-0.3, -0.25) is 0 Å². The number of fused-ring (bicyclic) bond motifs is 1. The normalized spacial score (nSPS) is 19.8. The highest BCUT2D eigenvalue weighted by atomic mass is 19.1. The van der Waals surface area contributed by atoms with Crippen molar-refractivity contribution in [3.63, 3.8) is 0 Å². The second kappa shape index (κ2) is 6.58. The van der Waals surface area contributed by atoms with E-state index in [2.05, 4.69) is 16.5 Å². The van der Waals surface area contributed by atoms with Crippen molar-refractivity contribution >= 4 is 24.2 Å². The first kappa shape index (κ1) is 18.1. The fraction of sp³-hybridized carbons (Fsp3) is 0.526. The molecule has 1 aromatic heterocycles. The van der Waals surface area contributed by atoms with E-state index in [0.29, 0.717) is 5.82 Å². The van der Waals surface area contributed by atoms with Crippen LogP contribution in [-0.2, 0) is 15.9 Å². The molecule has 0 saturated carbocycles. The van der Waals surface area contributed by atoms with Crippen molar-refractivity contribution in [2.45, 2.75) is 65.2 Å². The molecule has 1 aromatic carbocycles. The molecule has 1 aliphatic rings. The van der Waals surface area contributed by atoms with Crippen molar-refractivity contribution in [2.24, 2.45) is 0 Å². The number of nitrogens with zero attached hydrogens (tertiary/aromatic N) is 2. The van der Waals surface area contributed by atoms with Gasteiger partial charge in [0, 0.05) is 12.6 Å². The van der Waals surface area contributed by atoms with E-state index >= 15 is 0 Å². The average Bonchev–Trinajstić information content (AvgIpc) is 2.99. The summed E-state index contributed by atoms with van der Waals surface area (Å²) in [5.41, 5.74) is 0.304. The quantitative estimate of drug-likeness (QED) is 0.733. The minimum absolute atomic E-state index is 0.452. The molecule has 1 saturated heterocycles. The lowest BCUT2D eigenvalue weighted by atomic mass is 9.87. The van der Waals surface area contributed by atoms with Crippen LogP contribution in [0, 0.1) is 0 Å². The van der Waals surface area contributed by atoms with Crippen LogP contribution in [0.15, 0.2) is 30.0 Å². The molecule has 0 spiro atoms. The Labute approximate surface area is 149 Å². The number of aromatic nitrogens is 2. The molecule has 0 N–H and O–H groups in total. The second-order valence-corrected chi connectivity index (χ2v) is 7.58. The maximum absolute atomic E-state index is 14.9. The molecular weight excluding hydrogens is 318 g/mol. The number of rotatable bonds is 5. The molecule has 0 atom stereocenters. The molecule has 3 rings (SSSR count). The van der Waals surface area contributed by atoms with Crippen molar-refractivity contribution in [3.8, 4) is 0 Å². The fourth-order valence-corrected chi connectivity index (χ4v) is 2.90. The number of hydrogen-bond acceptors (Lipinski definition) is 3. The highest BCUT2D eigenvalue weighted by molar-refractivity contribution is 6.54. The number of imidazole rings is 1. The highest BCUT2D eigenvalue weighted by Crippen LogP contribution is 2.39. The average molecular weight is 344 g/mol. The Morgan fingerprint density at radius 3 is 2.48 bits per heavy atom. The maximum Gasteiger partial charge on any atom is 0.525 e. The smallest absolute Gasteiger partial charge is 0.398 e. The zero-order chi connectivity index (χ0) is 18.2. The topological polar surface area (TPSA) is 36.3 Å². The van der Waals surface area contributed by atoms with E-state index in [1.165, 1.54) is 6.08 Å². The Bertz CT molecular complexity index is 782. The number of halogens is 1. The molecular formula is C19H26BFN2O2. The van der Waals surface area contributed by atoms with Gasteiger partial charge in [-0.15, -0.1) is 0 Å². The van der Waals surface area contributed by atoms with E-state index in [-0.39, 0.29) is 0 Å². The number of unbranched alkanes of at least 4 members (excludes halogenated alkanes) is 1. The first-order chi connectivity index (χ1) is 11.7. The lowest BCUT2D eigenvalue weighted by molar-refractivity contribution is 0.00578. The van der Waals surface area contributed by atoms with E-state index in [4.69, 9.17) is 9.31 Å². The summed E-state index contributed by atoms with van der Waals surface area (Å²) in [4.78, 5) is 4.59. The molecule has 0 bridgehead atoms. The molecule has 134 valence electrons. The molecule has 0 radical (unpaired) electrons. The van der Waals surface area contributed by atoms with Gasteiger partial charge in [0.2, 0.25) is 0 Å². The Hall–Kier alpha value is -1.66. The number of hydrogen-bond donors (Lipinski definition) is 0. The van der Waals surface area contributed by atoms with E-state index in [1.54, 1.807) is 0 Å². The van der Waals surface area contributed by atoms with E-state index in [0.717, 1.165) is 30.4 Å². The molecule has 6 heteroatoms. The van der Waals surface area contributed by atoms with Gasteiger partial charge in [0.1, 0.15) is 11.6 Å². The molecule has 1 aliphatic heterocycles. The van der Waals surface area contributed by atoms with Crippen LogP contribution < -0.4 is 0 Å². The SMILES string of the molecule is CCCCn1c(C=C(F)B2OC(C)(C)C(C)(C)O2)nc2ccccc21. The van der Waals surface area contributed by atoms with Gasteiger partial charge in [-0.05, 0) is 46.2 Å². The summed E-state index contributed by atoms with van der Waals surface area (Å²) in [5.74, 6) is 0.599. The highest BCUT2D eigenvalue weighted by Gasteiger charge is 2.53. The van der Waals surface area contributed by atoms with Gasteiger partial charge in [-0.2, -0.15) is 0 Å². The van der Waals surface area contributed by atoms with Gasteiger partial charge in [-0.1, -0.05) is 25.5 Å². The Morgan fingerprint density at radius 1 is 1.20 bits per heavy atom. The Balaban J connectivity index is 1.95. The van der Waals surface area contributed by atoms with Crippen molar-refractivity contribution in [3.05, 3.63) is 35.8 Å². The molecule has 4 nitrogen and oxygen atoms in total. The van der Waals surface area contributed by atoms with Gasteiger partial charge in [0.05, 0.1) is 22.2 Å². The third-order valence-electron chi connectivity index (χ3n) is 5.16. The summed E-state index contributed by atoms with van der Waals surface area (Å²) < 4.78 is 28.5. The predicted octanol–water partition coefficient (Wildman–Crippen LogP) is 4.78. The van der Waals surface area contributed by atoms with Crippen LogP contribution in [-0.4, -0.2) is 27.9 Å². The monoisotopic (exact) mass is 344 g/mol.